The Hall–Kier alpha value is -3.04. The van der Waals surface area contributed by atoms with E-state index in [1.165, 1.54) is 75.2 Å². The van der Waals surface area contributed by atoms with Crippen LogP contribution < -0.4 is 9.64 Å². The molecule has 0 aliphatic carbocycles. The number of rotatable bonds is 9. The lowest BCUT2D eigenvalue weighted by molar-refractivity contribution is -0.939. The number of nitro benzene ring substituents is 1. The predicted molar refractivity (Wildman–Crippen MR) is 129 cm³/mol. The Morgan fingerprint density at radius 2 is 1.76 bits per heavy atom. The Morgan fingerprint density at radius 3 is 2.36 bits per heavy atom. The fourth-order valence-corrected chi connectivity index (χ4v) is 4.79. The molecule has 2 bridgehead atoms. The van der Waals surface area contributed by atoms with Gasteiger partial charge >= 0.3 is 0 Å². The number of methoxy groups -OCH3 is 1. The smallest absolute Gasteiger partial charge is 0.273 e. The van der Waals surface area contributed by atoms with Gasteiger partial charge in [-0.25, -0.2) is 0 Å². The molecular formula is C24H33N6O3+. The molecule has 0 amide bonds. The first kappa shape index (κ1) is 23.1. The highest BCUT2D eigenvalue weighted by atomic mass is 16.6. The van der Waals surface area contributed by atoms with Crippen molar-refractivity contribution in [2.24, 2.45) is 10.2 Å². The van der Waals surface area contributed by atoms with E-state index in [0.29, 0.717) is 11.4 Å². The molecule has 0 N–H and O–H groups in total. The predicted octanol–water partition coefficient (Wildman–Crippen LogP) is 4.30. The average molecular weight is 454 g/mol. The van der Waals surface area contributed by atoms with Gasteiger partial charge < -0.3 is 14.1 Å². The molecule has 3 fully saturated rings. The lowest BCUT2D eigenvalue weighted by atomic mass is 10.1. The number of piperazine rings is 3. The summed E-state index contributed by atoms with van der Waals surface area (Å²) in [7, 11) is 1.46. The summed E-state index contributed by atoms with van der Waals surface area (Å²) in [6, 6.07) is 10.6. The Labute approximate surface area is 195 Å². The summed E-state index contributed by atoms with van der Waals surface area (Å²) in [5, 5.41) is 19.6. The molecule has 3 saturated heterocycles. The third kappa shape index (κ3) is 5.15. The Bertz CT molecular complexity index is 1020. The largest absolute Gasteiger partial charge is 0.494 e. The Morgan fingerprint density at radius 1 is 1.09 bits per heavy atom. The molecule has 3 aliphatic heterocycles. The first-order chi connectivity index (χ1) is 15.9. The van der Waals surface area contributed by atoms with Crippen molar-refractivity contribution in [3.05, 3.63) is 52.1 Å². The fourth-order valence-electron chi connectivity index (χ4n) is 4.79. The van der Waals surface area contributed by atoms with E-state index in [0.717, 1.165) is 24.3 Å². The summed E-state index contributed by atoms with van der Waals surface area (Å²) in [5.41, 5.74) is 3.43. The molecule has 2 aromatic carbocycles. The molecule has 3 aliphatic rings. The van der Waals surface area contributed by atoms with Crippen LogP contribution in [-0.4, -0.2) is 80.3 Å². The van der Waals surface area contributed by atoms with Crippen LogP contribution in [0.3, 0.4) is 0 Å². The topological polar surface area (TPSA) is 83.6 Å². The van der Waals surface area contributed by atoms with E-state index in [-0.39, 0.29) is 5.69 Å². The minimum Gasteiger partial charge on any atom is -0.494 e. The van der Waals surface area contributed by atoms with E-state index >= 15 is 0 Å². The van der Waals surface area contributed by atoms with E-state index in [2.05, 4.69) is 39.1 Å². The zero-order valence-electron chi connectivity index (χ0n) is 19.7. The van der Waals surface area contributed by atoms with Gasteiger partial charge in [-0.3, -0.25) is 15.0 Å². The highest BCUT2D eigenvalue weighted by Gasteiger charge is 2.38. The van der Waals surface area contributed by atoms with Crippen molar-refractivity contribution in [1.29, 1.82) is 0 Å². The van der Waals surface area contributed by atoms with Crippen LogP contribution in [0.2, 0.25) is 0 Å². The van der Waals surface area contributed by atoms with E-state index < -0.39 is 4.92 Å². The van der Waals surface area contributed by atoms with Crippen LogP contribution in [-0.2, 0) is 0 Å². The number of anilines is 1. The third-order valence-electron chi connectivity index (χ3n) is 7.08. The van der Waals surface area contributed by atoms with Crippen molar-refractivity contribution in [2.75, 3.05) is 70.9 Å². The van der Waals surface area contributed by atoms with Crippen LogP contribution in [0.15, 0.2) is 46.6 Å². The van der Waals surface area contributed by atoms with Gasteiger partial charge in [0.05, 0.1) is 56.5 Å². The second kappa shape index (κ2) is 9.84. The maximum Gasteiger partial charge on any atom is 0.273 e. The molecule has 33 heavy (non-hydrogen) atoms. The number of non-ortho nitro benzene ring substituents is 1. The van der Waals surface area contributed by atoms with Crippen LogP contribution >= 0.6 is 0 Å². The zero-order valence-corrected chi connectivity index (χ0v) is 19.7. The highest BCUT2D eigenvalue weighted by molar-refractivity contribution is 5.59. The summed E-state index contributed by atoms with van der Waals surface area (Å²) >= 11 is 0. The number of likely N-dealkylation sites (N-methyl/N-ethyl adjacent to an activating group) is 1. The number of azo groups is 1. The van der Waals surface area contributed by atoms with E-state index in [1.54, 1.807) is 6.07 Å². The molecule has 0 atom stereocenters. The number of nitro groups is 1. The van der Waals surface area contributed by atoms with E-state index in [9.17, 15) is 10.1 Å². The van der Waals surface area contributed by atoms with E-state index in [1.807, 2.05) is 13.0 Å². The van der Waals surface area contributed by atoms with Gasteiger partial charge in [0.1, 0.15) is 5.69 Å². The number of fused-ring (bicyclic) bond motifs is 3. The number of benzene rings is 2. The molecule has 3 heterocycles. The van der Waals surface area contributed by atoms with Crippen LogP contribution in [0.4, 0.5) is 22.7 Å². The lowest BCUT2D eigenvalue weighted by Crippen LogP contribution is -2.68. The number of aryl methyl sites for hydroxylation is 1. The van der Waals surface area contributed by atoms with Crippen LogP contribution in [0.5, 0.6) is 5.75 Å². The van der Waals surface area contributed by atoms with Crippen LogP contribution in [0.1, 0.15) is 12.5 Å². The lowest BCUT2D eigenvalue weighted by Gasteiger charge is -2.51. The normalized spacial score (nSPS) is 22.0. The van der Waals surface area contributed by atoms with Gasteiger partial charge in [0.2, 0.25) is 0 Å². The average Bonchev–Trinajstić information content (AvgIpc) is 2.84. The minimum atomic E-state index is -0.457. The van der Waals surface area contributed by atoms with Crippen LogP contribution in [0.25, 0.3) is 0 Å². The van der Waals surface area contributed by atoms with Gasteiger partial charge in [-0.1, -0.05) is 0 Å². The number of ether oxygens (including phenoxy) is 1. The molecule has 0 spiro atoms. The second-order valence-corrected chi connectivity index (χ2v) is 8.94. The van der Waals surface area contributed by atoms with Crippen molar-refractivity contribution in [2.45, 2.75) is 13.8 Å². The molecule has 176 valence electrons. The number of quaternary nitrogens is 1. The fraction of sp³-hybridized carbons (Fsp3) is 0.500. The van der Waals surface area contributed by atoms with Gasteiger partial charge in [0.25, 0.3) is 5.69 Å². The van der Waals surface area contributed by atoms with Gasteiger partial charge in [0.15, 0.2) is 5.75 Å². The molecule has 9 nitrogen and oxygen atoms in total. The van der Waals surface area contributed by atoms with Gasteiger partial charge in [-0.2, -0.15) is 5.11 Å². The van der Waals surface area contributed by atoms with Gasteiger partial charge in [-0.15, -0.1) is 5.11 Å². The van der Waals surface area contributed by atoms with E-state index in [4.69, 9.17) is 4.74 Å². The minimum absolute atomic E-state index is 0.0390. The zero-order chi connectivity index (χ0) is 23.4. The quantitative estimate of drug-likeness (QED) is 0.245. The Kier molecular flexibility index (Phi) is 6.90. The van der Waals surface area contributed by atoms with Crippen molar-refractivity contribution in [1.82, 2.24) is 4.90 Å². The second-order valence-electron chi connectivity index (χ2n) is 8.94. The first-order valence-corrected chi connectivity index (χ1v) is 11.6. The molecule has 0 saturated carbocycles. The Balaban J connectivity index is 1.45. The molecule has 0 radical (unpaired) electrons. The molecular weight excluding hydrogens is 420 g/mol. The molecule has 9 heteroatoms. The number of hydrogen-bond acceptors (Lipinski definition) is 7. The van der Waals surface area contributed by atoms with Gasteiger partial charge in [-0.05, 0) is 43.7 Å². The number of hydrogen-bond donors (Lipinski definition) is 0. The summed E-state index contributed by atoms with van der Waals surface area (Å²) in [6.45, 7) is 15.0. The summed E-state index contributed by atoms with van der Waals surface area (Å²) in [5.74, 6) is 0.324. The third-order valence-corrected chi connectivity index (χ3v) is 7.08. The maximum atomic E-state index is 11.0. The van der Waals surface area contributed by atoms with Crippen LogP contribution in [0, 0.1) is 17.0 Å². The first-order valence-electron chi connectivity index (χ1n) is 11.6. The molecule has 5 rings (SSSR count). The van der Waals surface area contributed by atoms with Crippen molar-refractivity contribution >= 4 is 22.7 Å². The monoisotopic (exact) mass is 453 g/mol. The van der Waals surface area contributed by atoms with Gasteiger partial charge in [0, 0.05) is 37.9 Å². The SMILES string of the molecule is CCN(CC[N+]12CCN(CC1)CC2)c1ccc(/N=N/c2ccc([N+](=O)[O-])cc2OC)c(C)c1. The van der Waals surface area contributed by atoms with Crippen molar-refractivity contribution in [3.8, 4) is 5.75 Å². The standard InChI is InChI=1S/C24H33N6O3/c1-4-28(12-16-30-13-9-27(10-14-30)11-15-30)20-5-7-22(19(2)17-20)25-26-23-8-6-21(29(31)32)18-24(23)33-3/h5-8,17-18H,4,9-16H2,1-3H3/q+1/b26-25+. The summed E-state index contributed by atoms with van der Waals surface area (Å²) < 4.78 is 6.51. The number of nitrogens with zero attached hydrogens (tertiary/aromatic N) is 6. The molecule has 0 aromatic heterocycles. The summed E-state index contributed by atoms with van der Waals surface area (Å²) in [6.07, 6.45) is 0. The molecule has 2 aromatic rings. The van der Waals surface area contributed by atoms with Crippen molar-refractivity contribution in [3.63, 3.8) is 0 Å². The summed E-state index contributed by atoms with van der Waals surface area (Å²) in [4.78, 5) is 15.6. The van der Waals surface area contributed by atoms with Crippen molar-refractivity contribution < 1.29 is 14.1 Å². The molecule has 0 unspecified atom stereocenters. The highest BCUT2D eigenvalue weighted by Crippen LogP contribution is 2.34. The maximum absolute atomic E-state index is 11.0.